The molecule has 5 nitrogen and oxygen atoms in total. The van der Waals surface area contributed by atoms with Crippen LogP contribution >= 0.6 is 12.4 Å². The fourth-order valence-electron chi connectivity index (χ4n) is 2.70. The predicted molar refractivity (Wildman–Crippen MR) is 96.9 cm³/mol. The molecule has 0 unspecified atom stereocenters. The molecular formula is C18H28ClNO4. The van der Waals surface area contributed by atoms with Crippen molar-refractivity contribution in [3.8, 4) is 11.5 Å². The Morgan fingerprint density at radius 2 is 1.83 bits per heavy atom. The van der Waals surface area contributed by atoms with Crippen LogP contribution in [0, 0.1) is 0 Å². The first-order valence-electron chi connectivity index (χ1n) is 8.32. The number of Topliss-reactive ketones (excluding diaryl/α,β-unsaturated/α-hetero) is 1. The molecule has 24 heavy (non-hydrogen) atoms. The van der Waals surface area contributed by atoms with Crippen molar-refractivity contribution < 1.29 is 19.0 Å². The Bertz CT molecular complexity index is 504. The van der Waals surface area contributed by atoms with E-state index in [1.54, 1.807) is 25.3 Å². The first-order valence-corrected chi connectivity index (χ1v) is 8.32. The van der Waals surface area contributed by atoms with Gasteiger partial charge in [0.2, 0.25) is 0 Å². The Morgan fingerprint density at radius 1 is 1.08 bits per heavy atom. The van der Waals surface area contributed by atoms with E-state index >= 15 is 0 Å². The van der Waals surface area contributed by atoms with Gasteiger partial charge in [0.25, 0.3) is 0 Å². The first-order chi connectivity index (χ1) is 11.2. The summed E-state index contributed by atoms with van der Waals surface area (Å²) in [6, 6.07) is 5.22. The SMILES string of the molecule is COc1cc(C(C)=O)ccc1OCCOCCN1CCCCC1.Cl. The normalized spacial score (nSPS) is 14.8. The molecule has 6 heteroatoms. The van der Waals surface area contributed by atoms with Gasteiger partial charge in [-0.2, -0.15) is 0 Å². The zero-order valence-electron chi connectivity index (χ0n) is 14.6. The van der Waals surface area contributed by atoms with Gasteiger partial charge in [-0.1, -0.05) is 6.42 Å². The van der Waals surface area contributed by atoms with Crippen LogP contribution in [-0.4, -0.2) is 57.2 Å². The molecule has 1 aliphatic heterocycles. The number of ether oxygens (including phenoxy) is 3. The van der Waals surface area contributed by atoms with Crippen LogP contribution in [0.15, 0.2) is 18.2 Å². The highest BCUT2D eigenvalue weighted by molar-refractivity contribution is 5.94. The molecule has 1 saturated heterocycles. The molecule has 0 saturated carbocycles. The van der Waals surface area contributed by atoms with Crippen LogP contribution in [0.4, 0.5) is 0 Å². The average Bonchev–Trinajstić information content (AvgIpc) is 2.58. The van der Waals surface area contributed by atoms with Gasteiger partial charge in [-0.3, -0.25) is 4.79 Å². The van der Waals surface area contributed by atoms with Crippen LogP contribution in [0.2, 0.25) is 0 Å². The number of carbonyl (C=O) groups is 1. The lowest BCUT2D eigenvalue weighted by Gasteiger charge is -2.26. The topological polar surface area (TPSA) is 48.0 Å². The number of hydrogen-bond donors (Lipinski definition) is 0. The number of nitrogens with zero attached hydrogens (tertiary/aromatic N) is 1. The summed E-state index contributed by atoms with van der Waals surface area (Å²) in [6.45, 7) is 6.67. The van der Waals surface area contributed by atoms with Crippen LogP contribution in [-0.2, 0) is 4.74 Å². The Balaban J connectivity index is 0.00000288. The third-order valence-electron chi connectivity index (χ3n) is 4.06. The van der Waals surface area contributed by atoms with E-state index in [1.165, 1.54) is 39.3 Å². The lowest BCUT2D eigenvalue weighted by molar-refractivity contribution is 0.0744. The molecule has 1 aromatic rings. The zero-order valence-corrected chi connectivity index (χ0v) is 15.4. The third-order valence-corrected chi connectivity index (χ3v) is 4.06. The standard InChI is InChI=1S/C18H27NO4.ClH/c1-15(20)16-6-7-17(18(14-16)21-2)23-13-12-22-11-10-19-8-4-3-5-9-19;/h6-7,14H,3-5,8-13H2,1-2H3;1H. The molecule has 136 valence electrons. The summed E-state index contributed by atoms with van der Waals surface area (Å²) in [7, 11) is 1.57. The van der Waals surface area contributed by atoms with Crippen molar-refractivity contribution in [2.75, 3.05) is 46.6 Å². The summed E-state index contributed by atoms with van der Waals surface area (Å²) in [5.74, 6) is 1.22. The van der Waals surface area contributed by atoms with E-state index in [4.69, 9.17) is 14.2 Å². The average molecular weight is 358 g/mol. The molecule has 1 aromatic carbocycles. The summed E-state index contributed by atoms with van der Waals surface area (Å²) in [5, 5.41) is 0. The summed E-state index contributed by atoms with van der Waals surface area (Å²) >= 11 is 0. The number of hydrogen-bond acceptors (Lipinski definition) is 5. The van der Waals surface area contributed by atoms with Gasteiger partial charge in [0.05, 0.1) is 20.3 Å². The molecule has 2 rings (SSSR count). The van der Waals surface area contributed by atoms with Crippen molar-refractivity contribution >= 4 is 18.2 Å². The van der Waals surface area contributed by atoms with Gasteiger partial charge in [0.15, 0.2) is 17.3 Å². The molecule has 0 atom stereocenters. The number of methoxy groups -OCH3 is 1. The fraction of sp³-hybridized carbons (Fsp3) is 0.611. The third kappa shape index (κ3) is 6.67. The quantitative estimate of drug-likeness (QED) is 0.501. The van der Waals surface area contributed by atoms with Crippen LogP contribution in [0.1, 0.15) is 36.5 Å². The molecule has 1 aliphatic rings. The van der Waals surface area contributed by atoms with Crippen LogP contribution in [0.25, 0.3) is 0 Å². The molecular weight excluding hydrogens is 330 g/mol. The van der Waals surface area contributed by atoms with Gasteiger partial charge in [-0.05, 0) is 51.1 Å². The van der Waals surface area contributed by atoms with Gasteiger partial charge >= 0.3 is 0 Å². The lowest BCUT2D eigenvalue weighted by atomic mass is 10.1. The molecule has 1 fully saturated rings. The van der Waals surface area contributed by atoms with Crippen molar-refractivity contribution in [3.63, 3.8) is 0 Å². The van der Waals surface area contributed by atoms with E-state index in [2.05, 4.69) is 4.90 Å². The molecule has 0 N–H and O–H groups in total. The van der Waals surface area contributed by atoms with E-state index in [1.807, 2.05) is 0 Å². The highest BCUT2D eigenvalue weighted by Gasteiger charge is 2.10. The van der Waals surface area contributed by atoms with Crippen molar-refractivity contribution in [2.24, 2.45) is 0 Å². The van der Waals surface area contributed by atoms with Gasteiger partial charge in [0.1, 0.15) is 6.61 Å². The molecule has 0 spiro atoms. The number of ketones is 1. The molecule has 0 aliphatic carbocycles. The number of likely N-dealkylation sites (tertiary alicyclic amines) is 1. The monoisotopic (exact) mass is 357 g/mol. The smallest absolute Gasteiger partial charge is 0.161 e. The van der Waals surface area contributed by atoms with Crippen molar-refractivity contribution in [2.45, 2.75) is 26.2 Å². The number of piperidine rings is 1. The van der Waals surface area contributed by atoms with Gasteiger partial charge < -0.3 is 19.1 Å². The van der Waals surface area contributed by atoms with Crippen LogP contribution in [0.3, 0.4) is 0 Å². The van der Waals surface area contributed by atoms with Crippen molar-refractivity contribution in [3.05, 3.63) is 23.8 Å². The summed E-state index contributed by atoms with van der Waals surface area (Å²) in [6.07, 6.45) is 3.97. The first kappa shape index (κ1) is 20.7. The second-order valence-corrected chi connectivity index (χ2v) is 5.78. The second-order valence-electron chi connectivity index (χ2n) is 5.78. The number of benzene rings is 1. The lowest BCUT2D eigenvalue weighted by Crippen LogP contribution is -2.32. The van der Waals surface area contributed by atoms with Crippen molar-refractivity contribution in [1.29, 1.82) is 0 Å². The van der Waals surface area contributed by atoms with Gasteiger partial charge in [-0.15, -0.1) is 12.4 Å². The molecule has 1 heterocycles. The summed E-state index contributed by atoms with van der Waals surface area (Å²) in [5.41, 5.74) is 0.618. The minimum absolute atomic E-state index is 0. The Kier molecular flexibility index (Phi) is 9.76. The van der Waals surface area contributed by atoms with Crippen LogP contribution in [0.5, 0.6) is 11.5 Å². The maximum atomic E-state index is 11.4. The minimum Gasteiger partial charge on any atom is -0.493 e. The maximum absolute atomic E-state index is 11.4. The molecule has 0 bridgehead atoms. The largest absolute Gasteiger partial charge is 0.493 e. The molecule has 0 radical (unpaired) electrons. The van der Waals surface area contributed by atoms with Gasteiger partial charge in [-0.25, -0.2) is 0 Å². The molecule has 0 amide bonds. The van der Waals surface area contributed by atoms with E-state index in [-0.39, 0.29) is 18.2 Å². The second kappa shape index (κ2) is 11.3. The fourth-order valence-corrected chi connectivity index (χ4v) is 2.70. The van der Waals surface area contributed by atoms with E-state index in [0.29, 0.717) is 30.3 Å². The van der Waals surface area contributed by atoms with Crippen LogP contribution < -0.4 is 9.47 Å². The summed E-state index contributed by atoms with van der Waals surface area (Å²) < 4.78 is 16.6. The Morgan fingerprint density at radius 3 is 2.50 bits per heavy atom. The van der Waals surface area contributed by atoms with Crippen molar-refractivity contribution in [1.82, 2.24) is 4.90 Å². The Hall–Kier alpha value is -1.30. The molecule has 0 aromatic heterocycles. The number of carbonyl (C=O) groups excluding carboxylic acids is 1. The minimum atomic E-state index is 0. The Labute approximate surface area is 150 Å². The summed E-state index contributed by atoms with van der Waals surface area (Å²) in [4.78, 5) is 13.8. The predicted octanol–water partition coefficient (Wildman–Crippen LogP) is 3.20. The highest BCUT2D eigenvalue weighted by Crippen LogP contribution is 2.28. The van der Waals surface area contributed by atoms with E-state index in [0.717, 1.165) is 13.2 Å². The van der Waals surface area contributed by atoms with E-state index in [9.17, 15) is 4.79 Å². The number of halogens is 1. The zero-order chi connectivity index (χ0) is 16.5. The highest BCUT2D eigenvalue weighted by atomic mass is 35.5. The maximum Gasteiger partial charge on any atom is 0.161 e. The number of rotatable bonds is 9. The van der Waals surface area contributed by atoms with Gasteiger partial charge in [0, 0.05) is 12.1 Å². The van der Waals surface area contributed by atoms with E-state index < -0.39 is 0 Å².